The minimum absolute atomic E-state index is 0.0922. The Labute approximate surface area is 155 Å². The lowest BCUT2D eigenvalue weighted by Crippen LogP contribution is -2.42. The van der Waals surface area contributed by atoms with Crippen LogP contribution in [0.5, 0.6) is 0 Å². The van der Waals surface area contributed by atoms with Gasteiger partial charge in [-0.05, 0) is 30.2 Å². The summed E-state index contributed by atoms with van der Waals surface area (Å²) in [5.74, 6) is -0.154. The Hall–Kier alpha value is -1.73. The number of thiophene rings is 1. The lowest BCUT2D eigenvalue weighted by Gasteiger charge is -2.29. The first-order valence-corrected chi connectivity index (χ1v) is 10.3. The summed E-state index contributed by atoms with van der Waals surface area (Å²) in [7, 11) is 0. The molecule has 0 saturated heterocycles. The number of carbonyl (C=O) groups excluding carboxylic acids is 2. The van der Waals surface area contributed by atoms with E-state index in [1.54, 1.807) is 11.3 Å². The maximum absolute atomic E-state index is 12.0. The molecule has 5 nitrogen and oxygen atoms in total. The molecule has 2 atom stereocenters. The number of ether oxygens (including phenoxy) is 1. The lowest BCUT2D eigenvalue weighted by atomic mass is 9.86. The fourth-order valence-corrected chi connectivity index (χ4v) is 4.66. The molecule has 3 rings (SSSR count). The Morgan fingerprint density at radius 3 is 2.92 bits per heavy atom. The molecule has 1 fully saturated rings. The van der Waals surface area contributed by atoms with Gasteiger partial charge in [0.25, 0.3) is 5.91 Å². The molecule has 134 valence electrons. The van der Waals surface area contributed by atoms with Crippen LogP contribution in [-0.4, -0.2) is 29.5 Å². The van der Waals surface area contributed by atoms with E-state index in [-0.39, 0.29) is 25.0 Å². The van der Waals surface area contributed by atoms with Gasteiger partial charge in [-0.25, -0.2) is 4.98 Å². The normalized spacial score (nSPS) is 20.2. The molecular formula is C18H22N2O3S2. The number of amides is 1. The summed E-state index contributed by atoms with van der Waals surface area (Å²) >= 11 is 3.13. The zero-order valence-corrected chi connectivity index (χ0v) is 15.8. The van der Waals surface area contributed by atoms with Crippen LogP contribution in [-0.2, 0) is 20.7 Å². The van der Waals surface area contributed by atoms with Crippen LogP contribution in [0.3, 0.4) is 0 Å². The van der Waals surface area contributed by atoms with Crippen LogP contribution < -0.4 is 5.32 Å². The average molecular weight is 379 g/mol. The summed E-state index contributed by atoms with van der Waals surface area (Å²) in [4.78, 5) is 29.4. The maximum Gasteiger partial charge on any atom is 0.312 e. The van der Waals surface area contributed by atoms with Gasteiger partial charge in [-0.1, -0.05) is 25.8 Å². The van der Waals surface area contributed by atoms with Gasteiger partial charge >= 0.3 is 5.97 Å². The second-order valence-electron chi connectivity index (χ2n) is 6.39. The second-order valence-corrected chi connectivity index (χ2v) is 8.20. The molecule has 1 N–H and O–H groups in total. The highest BCUT2D eigenvalue weighted by Crippen LogP contribution is 2.28. The monoisotopic (exact) mass is 378 g/mol. The second kappa shape index (κ2) is 8.58. The highest BCUT2D eigenvalue weighted by molar-refractivity contribution is 7.20. The van der Waals surface area contributed by atoms with Crippen molar-refractivity contribution >= 4 is 34.6 Å². The molecule has 0 spiro atoms. The number of rotatable bonds is 6. The van der Waals surface area contributed by atoms with Crippen molar-refractivity contribution in [2.24, 2.45) is 5.92 Å². The highest BCUT2D eigenvalue weighted by Gasteiger charge is 2.23. The molecular weight excluding hydrogens is 356 g/mol. The van der Waals surface area contributed by atoms with Gasteiger partial charge in [0.05, 0.1) is 17.0 Å². The van der Waals surface area contributed by atoms with Gasteiger partial charge in [-0.2, -0.15) is 0 Å². The van der Waals surface area contributed by atoms with E-state index in [1.165, 1.54) is 17.8 Å². The highest BCUT2D eigenvalue weighted by atomic mass is 32.1. The summed E-state index contributed by atoms with van der Waals surface area (Å²) in [5.41, 5.74) is 0.680. The van der Waals surface area contributed by atoms with E-state index < -0.39 is 5.97 Å². The molecule has 1 amide bonds. The molecule has 2 aromatic rings. The van der Waals surface area contributed by atoms with Crippen LogP contribution in [0.1, 0.15) is 38.3 Å². The Balaban J connectivity index is 1.42. The van der Waals surface area contributed by atoms with Crippen molar-refractivity contribution in [2.45, 2.75) is 45.1 Å². The molecule has 0 aliphatic heterocycles. The Bertz CT molecular complexity index is 712. The third-order valence-electron chi connectivity index (χ3n) is 4.43. The summed E-state index contributed by atoms with van der Waals surface area (Å²) in [6.45, 7) is 1.94. The number of esters is 1. The van der Waals surface area contributed by atoms with Gasteiger partial charge in [-0.15, -0.1) is 22.7 Å². The average Bonchev–Trinajstić information content (AvgIpc) is 3.26. The molecule has 0 aromatic carbocycles. The molecule has 0 radical (unpaired) electrons. The fraction of sp³-hybridized carbons (Fsp3) is 0.500. The lowest BCUT2D eigenvalue weighted by molar-refractivity contribution is -0.148. The van der Waals surface area contributed by atoms with Gasteiger partial charge in [-0.3, -0.25) is 9.59 Å². The van der Waals surface area contributed by atoms with Crippen molar-refractivity contribution in [2.75, 3.05) is 6.61 Å². The van der Waals surface area contributed by atoms with Gasteiger partial charge in [0, 0.05) is 11.4 Å². The van der Waals surface area contributed by atoms with Crippen molar-refractivity contribution in [3.8, 4) is 9.88 Å². The number of thiazole rings is 1. The van der Waals surface area contributed by atoms with Gasteiger partial charge in [0.2, 0.25) is 0 Å². The van der Waals surface area contributed by atoms with Crippen LogP contribution >= 0.6 is 22.7 Å². The van der Waals surface area contributed by atoms with E-state index >= 15 is 0 Å². The number of hydrogen-bond acceptors (Lipinski definition) is 6. The predicted molar refractivity (Wildman–Crippen MR) is 99.7 cm³/mol. The standard InChI is InChI=1S/C18H22N2O3S2/c1-12-5-2-3-6-14(12)20-16(21)10-23-17(22)9-13-11-25-18(19-13)15-7-4-8-24-15/h4,7-8,11-12,14H,2-3,5-6,9-10H2,1H3,(H,20,21)/t12-,14-/m1/s1. The molecule has 7 heteroatoms. The zero-order chi connectivity index (χ0) is 17.6. The minimum atomic E-state index is -0.421. The van der Waals surface area contributed by atoms with Crippen LogP contribution in [0, 0.1) is 5.92 Å². The minimum Gasteiger partial charge on any atom is -0.455 e. The van der Waals surface area contributed by atoms with Gasteiger partial charge < -0.3 is 10.1 Å². The van der Waals surface area contributed by atoms with E-state index in [4.69, 9.17) is 4.74 Å². The van der Waals surface area contributed by atoms with E-state index in [0.29, 0.717) is 11.6 Å². The zero-order valence-electron chi connectivity index (χ0n) is 14.2. The van der Waals surface area contributed by atoms with Crippen molar-refractivity contribution in [3.05, 3.63) is 28.6 Å². The summed E-state index contributed by atoms with van der Waals surface area (Å²) in [6, 6.07) is 4.18. The van der Waals surface area contributed by atoms with E-state index in [2.05, 4.69) is 17.2 Å². The molecule has 2 aromatic heterocycles. The molecule has 1 aliphatic rings. The third kappa shape index (κ3) is 5.12. The fourth-order valence-electron chi connectivity index (χ4n) is 3.03. The van der Waals surface area contributed by atoms with E-state index in [0.717, 1.165) is 29.1 Å². The van der Waals surface area contributed by atoms with Gasteiger partial charge in [0.15, 0.2) is 6.61 Å². The molecule has 2 heterocycles. The van der Waals surface area contributed by atoms with Crippen LogP contribution in [0.15, 0.2) is 22.9 Å². The van der Waals surface area contributed by atoms with Crippen molar-refractivity contribution < 1.29 is 14.3 Å². The van der Waals surface area contributed by atoms with Crippen molar-refractivity contribution in [1.29, 1.82) is 0 Å². The summed E-state index contributed by atoms with van der Waals surface area (Å²) in [5, 5.41) is 7.74. The smallest absolute Gasteiger partial charge is 0.312 e. The number of nitrogens with one attached hydrogen (secondary N) is 1. The number of carbonyl (C=O) groups is 2. The largest absolute Gasteiger partial charge is 0.455 e. The van der Waals surface area contributed by atoms with Crippen LogP contribution in [0.4, 0.5) is 0 Å². The third-order valence-corrected chi connectivity index (χ3v) is 6.36. The van der Waals surface area contributed by atoms with E-state index in [9.17, 15) is 9.59 Å². The predicted octanol–water partition coefficient (Wildman–Crippen LogP) is 3.65. The molecule has 1 aliphatic carbocycles. The number of nitrogens with zero attached hydrogens (tertiary/aromatic N) is 1. The summed E-state index contributed by atoms with van der Waals surface area (Å²) in [6.07, 6.45) is 4.61. The Morgan fingerprint density at radius 1 is 1.32 bits per heavy atom. The van der Waals surface area contributed by atoms with Gasteiger partial charge in [0.1, 0.15) is 5.01 Å². The Kier molecular flexibility index (Phi) is 6.20. The molecule has 0 bridgehead atoms. The van der Waals surface area contributed by atoms with Crippen LogP contribution in [0.25, 0.3) is 9.88 Å². The van der Waals surface area contributed by atoms with Crippen molar-refractivity contribution in [3.63, 3.8) is 0 Å². The van der Waals surface area contributed by atoms with Crippen molar-refractivity contribution in [1.82, 2.24) is 10.3 Å². The SMILES string of the molecule is C[C@@H]1CCCC[C@H]1NC(=O)COC(=O)Cc1csc(-c2cccs2)n1. The first-order valence-electron chi connectivity index (χ1n) is 8.55. The molecule has 0 unspecified atom stereocenters. The topological polar surface area (TPSA) is 68.3 Å². The number of hydrogen-bond donors (Lipinski definition) is 1. The first kappa shape index (κ1) is 18.1. The Morgan fingerprint density at radius 2 is 2.16 bits per heavy atom. The molecule has 25 heavy (non-hydrogen) atoms. The van der Waals surface area contributed by atoms with Crippen LogP contribution in [0.2, 0.25) is 0 Å². The maximum atomic E-state index is 12.0. The quantitative estimate of drug-likeness (QED) is 0.779. The summed E-state index contributed by atoms with van der Waals surface area (Å²) < 4.78 is 5.10. The number of aromatic nitrogens is 1. The molecule has 1 saturated carbocycles. The first-order chi connectivity index (χ1) is 12.1. The van der Waals surface area contributed by atoms with E-state index in [1.807, 2.05) is 22.9 Å².